The number of urea groups is 1. The average molecular weight is 324 g/mol. The molecule has 2 atom stereocenters. The summed E-state index contributed by atoms with van der Waals surface area (Å²) in [6.07, 6.45) is 4.55. The Morgan fingerprint density at radius 3 is 2.41 bits per heavy atom. The fraction of sp³-hybridized carbons (Fsp3) is 0.562. The Balaban J connectivity index is 1.94. The van der Waals surface area contributed by atoms with Crippen molar-refractivity contribution in [2.24, 2.45) is 5.92 Å². The predicted octanol–water partition coefficient (Wildman–Crippen LogP) is 3.18. The second-order valence-electron chi connectivity index (χ2n) is 5.89. The van der Waals surface area contributed by atoms with Crippen LogP contribution in [0.15, 0.2) is 29.2 Å². The minimum Gasteiger partial charge on any atom is -0.335 e. The number of sulfone groups is 1. The van der Waals surface area contributed by atoms with Gasteiger partial charge in [0, 0.05) is 11.7 Å². The number of amides is 2. The second kappa shape index (κ2) is 7.13. The average Bonchev–Trinajstić information content (AvgIpc) is 2.50. The first-order valence-corrected chi connectivity index (χ1v) is 9.48. The smallest absolute Gasteiger partial charge is 0.319 e. The van der Waals surface area contributed by atoms with E-state index in [1.54, 1.807) is 19.1 Å². The van der Waals surface area contributed by atoms with Crippen LogP contribution in [0.4, 0.5) is 10.5 Å². The molecule has 6 heteroatoms. The van der Waals surface area contributed by atoms with Crippen LogP contribution >= 0.6 is 0 Å². The number of benzene rings is 1. The SMILES string of the molecule is CCS(=O)(=O)c1ccc(NC(=O)N[C@@H]2CCCC[C@H]2C)cc1. The number of rotatable bonds is 4. The molecule has 0 unspecified atom stereocenters. The lowest BCUT2D eigenvalue weighted by Crippen LogP contribution is -2.43. The van der Waals surface area contributed by atoms with E-state index in [0.29, 0.717) is 11.6 Å². The Morgan fingerprint density at radius 2 is 1.82 bits per heavy atom. The first-order chi connectivity index (χ1) is 10.4. The third-order valence-electron chi connectivity index (χ3n) is 4.28. The monoisotopic (exact) mass is 324 g/mol. The molecule has 0 aromatic heterocycles. The van der Waals surface area contributed by atoms with Crippen LogP contribution in [0.3, 0.4) is 0 Å². The molecular formula is C16H24N2O3S. The summed E-state index contributed by atoms with van der Waals surface area (Å²) in [5.41, 5.74) is 0.594. The Hall–Kier alpha value is -1.56. The molecule has 0 saturated heterocycles. The van der Waals surface area contributed by atoms with Crippen LogP contribution in [0.25, 0.3) is 0 Å². The summed E-state index contributed by atoms with van der Waals surface area (Å²) in [5.74, 6) is 0.566. The molecule has 0 radical (unpaired) electrons. The number of anilines is 1. The van der Waals surface area contributed by atoms with Crippen LogP contribution in [-0.2, 0) is 9.84 Å². The molecule has 5 nitrogen and oxygen atoms in total. The molecule has 0 bridgehead atoms. The van der Waals surface area contributed by atoms with Crippen molar-refractivity contribution in [2.75, 3.05) is 11.1 Å². The highest BCUT2D eigenvalue weighted by molar-refractivity contribution is 7.91. The number of nitrogens with one attached hydrogen (secondary N) is 2. The van der Waals surface area contributed by atoms with Gasteiger partial charge in [0.15, 0.2) is 9.84 Å². The van der Waals surface area contributed by atoms with Crippen molar-refractivity contribution in [3.05, 3.63) is 24.3 Å². The molecule has 1 fully saturated rings. The van der Waals surface area contributed by atoms with E-state index in [0.717, 1.165) is 19.3 Å². The lowest BCUT2D eigenvalue weighted by atomic mass is 9.86. The largest absolute Gasteiger partial charge is 0.335 e. The van der Waals surface area contributed by atoms with Crippen LogP contribution in [-0.4, -0.2) is 26.2 Å². The van der Waals surface area contributed by atoms with Gasteiger partial charge in [0.1, 0.15) is 0 Å². The van der Waals surface area contributed by atoms with Crippen molar-refractivity contribution >= 4 is 21.6 Å². The Morgan fingerprint density at radius 1 is 1.18 bits per heavy atom. The second-order valence-corrected chi connectivity index (χ2v) is 8.17. The molecule has 122 valence electrons. The van der Waals surface area contributed by atoms with Crippen LogP contribution < -0.4 is 10.6 Å². The molecule has 1 aliphatic carbocycles. The highest BCUT2D eigenvalue weighted by Gasteiger charge is 2.22. The number of carbonyl (C=O) groups is 1. The van der Waals surface area contributed by atoms with Gasteiger partial charge in [0.05, 0.1) is 10.6 Å². The third kappa shape index (κ3) is 4.22. The summed E-state index contributed by atoms with van der Waals surface area (Å²) < 4.78 is 23.5. The first kappa shape index (κ1) is 16.8. The normalized spacial score (nSPS) is 22.1. The maximum Gasteiger partial charge on any atom is 0.319 e. The molecule has 0 aliphatic heterocycles. The quantitative estimate of drug-likeness (QED) is 0.893. The van der Waals surface area contributed by atoms with Crippen molar-refractivity contribution in [1.29, 1.82) is 0 Å². The summed E-state index contributed by atoms with van der Waals surface area (Å²) in [6.45, 7) is 3.77. The van der Waals surface area contributed by atoms with Crippen molar-refractivity contribution in [3.8, 4) is 0 Å². The maximum absolute atomic E-state index is 12.0. The highest BCUT2D eigenvalue weighted by Crippen LogP contribution is 2.23. The van der Waals surface area contributed by atoms with Gasteiger partial charge in [0.25, 0.3) is 0 Å². The van der Waals surface area contributed by atoms with Gasteiger partial charge < -0.3 is 10.6 Å². The van der Waals surface area contributed by atoms with E-state index in [4.69, 9.17) is 0 Å². The molecule has 2 amide bonds. The number of carbonyl (C=O) groups excluding carboxylic acids is 1. The fourth-order valence-electron chi connectivity index (χ4n) is 2.78. The number of hydrogen-bond acceptors (Lipinski definition) is 3. The van der Waals surface area contributed by atoms with E-state index in [1.165, 1.54) is 18.6 Å². The van der Waals surface area contributed by atoms with Gasteiger partial charge in [-0.3, -0.25) is 0 Å². The van der Waals surface area contributed by atoms with Crippen molar-refractivity contribution in [2.45, 2.75) is 50.5 Å². The Bertz CT molecular complexity index is 611. The maximum atomic E-state index is 12.0. The summed E-state index contributed by atoms with van der Waals surface area (Å²) in [5, 5.41) is 5.77. The third-order valence-corrected chi connectivity index (χ3v) is 6.03. The van der Waals surface area contributed by atoms with E-state index in [1.807, 2.05) is 0 Å². The summed E-state index contributed by atoms with van der Waals surface area (Å²) >= 11 is 0. The molecule has 0 heterocycles. The molecule has 1 saturated carbocycles. The lowest BCUT2D eigenvalue weighted by Gasteiger charge is -2.29. The Kier molecular flexibility index (Phi) is 5.45. The zero-order valence-corrected chi connectivity index (χ0v) is 13.9. The molecule has 2 N–H and O–H groups in total. The molecular weight excluding hydrogens is 300 g/mol. The van der Waals surface area contributed by atoms with Gasteiger partial charge in [-0.1, -0.05) is 26.7 Å². The zero-order chi connectivity index (χ0) is 16.2. The number of hydrogen-bond donors (Lipinski definition) is 2. The van der Waals surface area contributed by atoms with Gasteiger partial charge in [0.2, 0.25) is 0 Å². The summed E-state index contributed by atoms with van der Waals surface area (Å²) in [6, 6.07) is 6.27. The lowest BCUT2D eigenvalue weighted by molar-refractivity contribution is 0.232. The van der Waals surface area contributed by atoms with E-state index in [2.05, 4.69) is 17.6 Å². The van der Waals surface area contributed by atoms with Gasteiger partial charge >= 0.3 is 6.03 Å². The van der Waals surface area contributed by atoms with Crippen LogP contribution in [0, 0.1) is 5.92 Å². The summed E-state index contributed by atoms with van der Waals surface area (Å²) in [4.78, 5) is 12.3. The molecule has 2 rings (SSSR count). The van der Waals surface area contributed by atoms with E-state index >= 15 is 0 Å². The Labute approximate surface area is 132 Å². The van der Waals surface area contributed by atoms with Gasteiger partial charge in [-0.2, -0.15) is 0 Å². The van der Waals surface area contributed by atoms with Gasteiger partial charge in [-0.15, -0.1) is 0 Å². The van der Waals surface area contributed by atoms with Gasteiger partial charge in [-0.25, -0.2) is 13.2 Å². The standard InChI is InChI=1S/C16H24N2O3S/c1-3-22(20,21)14-10-8-13(9-11-14)17-16(19)18-15-7-5-4-6-12(15)2/h8-12,15H,3-7H2,1-2H3,(H2,17,18,19)/t12-,15-/m1/s1. The van der Waals surface area contributed by atoms with E-state index in [-0.39, 0.29) is 22.7 Å². The van der Waals surface area contributed by atoms with Crippen molar-refractivity contribution < 1.29 is 13.2 Å². The molecule has 1 aromatic rings. The molecule has 1 aliphatic rings. The van der Waals surface area contributed by atoms with Crippen molar-refractivity contribution in [1.82, 2.24) is 5.32 Å². The highest BCUT2D eigenvalue weighted by atomic mass is 32.2. The van der Waals surface area contributed by atoms with Crippen LogP contribution in [0.5, 0.6) is 0 Å². The minimum atomic E-state index is -3.20. The predicted molar refractivity (Wildman–Crippen MR) is 87.7 cm³/mol. The minimum absolute atomic E-state index is 0.0693. The first-order valence-electron chi connectivity index (χ1n) is 7.82. The fourth-order valence-corrected chi connectivity index (χ4v) is 3.66. The molecule has 22 heavy (non-hydrogen) atoms. The van der Waals surface area contributed by atoms with Crippen molar-refractivity contribution in [3.63, 3.8) is 0 Å². The van der Waals surface area contributed by atoms with E-state index < -0.39 is 9.84 Å². The topological polar surface area (TPSA) is 75.3 Å². The van der Waals surface area contributed by atoms with E-state index in [9.17, 15) is 13.2 Å². The van der Waals surface area contributed by atoms with Gasteiger partial charge in [-0.05, 0) is 43.0 Å². The van der Waals surface area contributed by atoms with Crippen LogP contribution in [0.2, 0.25) is 0 Å². The van der Waals surface area contributed by atoms with Crippen LogP contribution in [0.1, 0.15) is 39.5 Å². The zero-order valence-electron chi connectivity index (χ0n) is 13.1. The molecule has 1 aromatic carbocycles. The summed E-state index contributed by atoms with van der Waals surface area (Å²) in [7, 11) is -3.20. The molecule has 0 spiro atoms.